The average molecular weight is 299 g/mol. The molecule has 1 rings (SSSR count). The van der Waals surface area contributed by atoms with E-state index in [0.717, 1.165) is 0 Å². The molecule has 0 aliphatic carbocycles. The number of aryl methyl sites for hydroxylation is 1. The van der Waals surface area contributed by atoms with Gasteiger partial charge in [-0.3, -0.25) is 4.79 Å². The Morgan fingerprint density at radius 2 is 1.85 bits per heavy atom. The van der Waals surface area contributed by atoms with Gasteiger partial charge in [-0.05, 0) is 30.4 Å². The molecule has 0 aromatic heterocycles. The van der Waals surface area contributed by atoms with Crippen molar-refractivity contribution in [1.29, 1.82) is 0 Å². The molecule has 1 aromatic carbocycles. The highest BCUT2D eigenvalue weighted by molar-refractivity contribution is 5.85. The minimum atomic E-state index is -0.462. The number of carbonyl (C=O) groups excluding carboxylic acids is 1. The van der Waals surface area contributed by atoms with Crippen molar-refractivity contribution in [3.8, 4) is 0 Å². The molecule has 0 bridgehead atoms. The molecule has 0 saturated heterocycles. The molecule has 0 fully saturated rings. The van der Waals surface area contributed by atoms with Crippen LogP contribution in [-0.2, 0) is 11.3 Å². The van der Waals surface area contributed by atoms with Gasteiger partial charge in [0.1, 0.15) is 0 Å². The van der Waals surface area contributed by atoms with Gasteiger partial charge in [-0.2, -0.15) is 0 Å². The van der Waals surface area contributed by atoms with Crippen molar-refractivity contribution in [3.05, 3.63) is 35.4 Å². The summed E-state index contributed by atoms with van der Waals surface area (Å²) < 4.78 is 0. The van der Waals surface area contributed by atoms with E-state index >= 15 is 0 Å². The highest BCUT2D eigenvalue weighted by Gasteiger charge is 2.30. The first-order valence-corrected chi connectivity index (χ1v) is 6.86. The Morgan fingerprint density at radius 1 is 1.30 bits per heavy atom. The number of hydrogen-bond acceptors (Lipinski definition) is 2. The summed E-state index contributed by atoms with van der Waals surface area (Å²) in [7, 11) is 0. The first-order chi connectivity index (χ1) is 8.77. The summed E-state index contributed by atoms with van der Waals surface area (Å²) in [4.78, 5) is 14.3. The molecule has 0 unspecified atom stereocenters. The molecule has 3 nitrogen and oxygen atoms in total. The third-order valence-corrected chi connectivity index (χ3v) is 3.51. The van der Waals surface area contributed by atoms with Gasteiger partial charge in [0.25, 0.3) is 0 Å². The number of carbonyl (C=O) groups is 1. The number of nitrogens with two attached hydrogens (primary N) is 1. The summed E-state index contributed by atoms with van der Waals surface area (Å²) in [5.41, 5.74) is 8.25. The van der Waals surface area contributed by atoms with Crippen LogP contribution in [0.3, 0.4) is 0 Å². The number of hydrogen-bond donors (Lipinski definition) is 1. The molecular formula is C16H27ClN2O. The number of rotatable bonds is 4. The van der Waals surface area contributed by atoms with Crippen molar-refractivity contribution in [3.63, 3.8) is 0 Å². The zero-order chi connectivity index (χ0) is 14.6. The second-order valence-corrected chi connectivity index (χ2v) is 6.12. The quantitative estimate of drug-likeness (QED) is 0.928. The average Bonchev–Trinajstić information content (AvgIpc) is 2.35. The Hall–Kier alpha value is -1.06. The summed E-state index contributed by atoms with van der Waals surface area (Å²) in [5, 5.41) is 0. The lowest BCUT2D eigenvalue weighted by Gasteiger charge is -2.31. The predicted molar refractivity (Wildman–Crippen MR) is 86.9 cm³/mol. The molecule has 4 heteroatoms. The maximum atomic E-state index is 12.4. The van der Waals surface area contributed by atoms with E-state index in [-0.39, 0.29) is 23.7 Å². The van der Waals surface area contributed by atoms with Crippen LogP contribution in [0.2, 0.25) is 0 Å². The third-order valence-electron chi connectivity index (χ3n) is 3.51. The molecule has 2 N–H and O–H groups in total. The minimum Gasteiger partial charge on any atom is -0.337 e. The lowest BCUT2D eigenvalue weighted by atomic mass is 9.86. The van der Waals surface area contributed by atoms with Gasteiger partial charge in [-0.1, -0.05) is 45.0 Å². The first-order valence-electron chi connectivity index (χ1n) is 6.86. The number of likely N-dealkylation sites (N-methyl/N-ethyl adjacent to an activating group) is 1. The fraction of sp³-hybridized carbons (Fsp3) is 0.562. The van der Waals surface area contributed by atoms with Crippen LogP contribution in [0.1, 0.15) is 38.8 Å². The van der Waals surface area contributed by atoms with E-state index in [1.54, 1.807) is 0 Å². The fourth-order valence-electron chi connectivity index (χ4n) is 1.91. The standard InChI is InChI=1S/C16H26N2O.ClH/c1-6-18(15(19)14(17)16(3,4)5)11-13-10-8-7-9-12(13)2;/h7-10,14H,6,11,17H2,1-5H3;1H/t14-;/m1./s1. The van der Waals surface area contributed by atoms with E-state index in [9.17, 15) is 4.79 Å². The van der Waals surface area contributed by atoms with Crippen molar-refractivity contribution >= 4 is 18.3 Å². The molecule has 114 valence electrons. The second kappa shape index (κ2) is 7.65. The topological polar surface area (TPSA) is 46.3 Å². The van der Waals surface area contributed by atoms with Crippen LogP contribution in [0.5, 0.6) is 0 Å². The van der Waals surface area contributed by atoms with E-state index in [1.165, 1.54) is 11.1 Å². The largest absolute Gasteiger partial charge is 0.337 e. The van der Waals surface area contributed by atoms with Crippen LogP contribution < -0.4 is 5.73 Å². The van der Waals surface area contributed by atoms with Crippen molar-refractivity contribution < 1.29 is 4.79 Å². The molecule has 0 spiro atoms. The molecule has 1 amide bonds. The van der Waals surface area contributed by atoms with Gasteiger partial charge in [0.2, 0.25) is 5.91 Å². The number of amides is 1. The highest BCUT2D eigenvalue weighted by Crippen LogP contribution is 2.20. The van der Waals surface area contributed by atoms with Gasteiger partial charge in [0, 0.05) is 13.1 Å². The smallest absolute Gasteiger partial charge is 0.240 e. The van der Waals surface area contributed by atoms with Crippen LogP contribution in [-0.4, -0.2) is 23.4 Å². The monoisotopic (exact) mass is 298 g/mol. The molecule has 0 saturated carbocycles. The van der Waals surface area contributed by atoms with Crippen molar-refractivity contribution in [2.24, 2.45) is 11.1 Å². The van der Waals surface area contributed by atoms with E-state index in [4.69, 9.17) is 5.73 Å². The first kappa shape index (κ1) is 18.9. The molecule has 0 aliphatic rings. The van der Waals surface area contributed by atoms with Gasteiger partial charge in [-0.25, -0.2) is 0 Å². The Kier molecular flexibility index (Phi) is 7.25. The Labute approximate surface area is 128 Å². The van der Waals surface area contributed by atoms with Crippen molar-refractivity contribution in [2.75, 3.05) is 6.54 Å². The molecule has 1 aromatic rings. The molecule has 20 heavy (non-hydrogen) atoms. The number of benzene rings is 1. The van der Waals surface area contributed by atoms with Crippen molar-refractivity contribution in [1.82, 2.24) is 4.90 Å². The van der Waals surface area contributed by atoms with Crippen LogP contribution in [0, 0.1) is 12.3 Å². The molecular weight excluding hydrogens is 272 g/mol. The summed E-state index contributed by atoms with van der Waals surface area (Å²) in [6.07, 6.45) is 0. The van der Waals surface area contributed by atoms with Crippen LogP contribution in [0.15, 0.2) is 24.3 Å². The van der Waals surface area contributed by atoms with E-state index in [1.807, 2.05) is 44.7 Å². The fourth-order valence-corrected chi connectivity index (χ4v) is 1.91. The zero-order valence-corrected chi connectivity index (χ0v) is 14.0. The van der Waals surface area contributed by atoms with Crippen LogP contribution >= 0.6 is 12.4 Å². The Bertz CT molecular complexity index is 440. The number of halogens is 1. The molecule has 0 radical (unpaired) electrons. The van der Waals surface area contributed by atoms with E-state index in [2.05, 4.69) is 19.1 Å². The van der Waals surface area contributed by atoms with Crippen LogP contribution in [0.25, 0.3) is 0 Å². The van der Waals surface area contributed by atoms with Gasteiger partial charge < -0.3 is 10.6 Å². The SMILES string of the molecule is CCN(Cc1ccccc1C)C(=O)[C@@H](N)C(C)(C)C.Cl. The lowest BCUT2D eigenvalue weighted by molar-refractivity contribution is -0.135. The second-order valence-electron chi connectivity index (χ2n) is 6.12. The Morgan fingerprint density at radius 3 is 2.30 bits per heavy atom. The van der Waals surface area contributed by atoms with E-state index < -0.39 is 6.04 Å². The van der Waals surface area contributed by atoms with Crippen molar-refractivity contribution in [2.45, 2.75) is 47.2 Å². The molecule has 1 atom stereocenters. The van der Waals surface area contributed by atoms with Gasteiger partial charge in [-0.15, -0.1) is 12.4 Å². The van der Waals surface area contributed by atoms with Gasteiger partial charge in [0.15, 0.2) is 0 Å². The molecule has 0 heterocycles. The highest BCUT2D eigenvalue weighted by atomic mass is 35.5. The van der Waals surface area contributed by atoms with Gasteiger partial charge >= 0.3 is 0 Å². The zero-order valence-electron chi connectivity index (χ0n) is 13.1. The predicted octanol–water partition coefficient (Wildman–Crippen LogP) is 3.14. The summed E-state index contributed by atoms with van der Waals surface area (Å²) >= 11 is 0. The normalized spacial score (nSPS) is 12.5. The summed E-state index contributed by atoms with van der Waals surface area (Å²) in [6, 6.07) is 7.68. The Balaban J connectivity index is 0.00000361. The summed E-state index contributed by atoms with van der Waals surface area (Å²) in [5.74, 6) is 0.0262. The number of nitrogens with zero attached hydrogens (tertiary/aromatic N) is 1. The van der Waals surface area contributed by atoms with Gasteiger partial charge in [0.05, 0.1) is 6.04 Å². The lowest BCUT2D eigenvalue weighted by Crippen LogP contribution is -2.50. The summed E-state index contributed by atoms with van der Waals surface area (Å²) in [6.45, 7) is 11.4. The third kappa shape index (κ3) is 4.80. The van der Waals surface area contributed by atoms with E-state index in [0.29, 0.717) is 13.1 Å². The minimum absolute atomic E-state index is 0. The maximum Gasteiger partial charge on any atom is 0.240 e. The molecule has 0 aliphatic heterocycles. The van der Waals surface area contributed by atoms with Crippen LogP contribution in [0.4, 0.5) is 0 Å². The maximum absolute atomic E-state index is 12.4.